The molecule has 1 aliphatic rings. The maximum Gasteiger partial charge on any atom is 0.157 e. The molecule has 0 spiro atoms. The van der Waals surface area contributed by atoms with Gasteiger partial charge in [-0.25, -0.2) is 0 Å². The zero-order chi connectivity index (χ0) is 10.7. The van der Waals surface area contributed by atoms with E-state index in [1.54, 1.807) is 6.08 Å². The molecule has 0 aliphatic heterocycles. The van der Waals surface area contributed by atoms with E-state index < -0.39 is 0 Å². The fraction of sp³-hybridized carbons (Fsp3) is 0.333. The van der Waals surface area contributed by atoms with Gasteiger partial charge in [-0.05, 0) is 25.0 Å². The zero-order valence-corrected chi connectivity index (χ0v) is 8.79. The van der Waals surface area contributed by atoms with E-state index in [0.717, 1.165) is 29.9 Å². The van der Waals surface area contributed by atoms with Gasteiger partial charge in [0, 0.05) is 36.6 Å². The molecule has 0 saturated carbocycles. The second-order valence-electron chi connectivity index (χ2n) is 3.80. The Bertz CT molecular complexity index is 393. The first-order valence-corrected chi connectivity index (χ1v) is 5.13. The van der Waals surface area contributed by atoms with E-state index in [0.29, 0.717) is 6.42 Å². The van der Waals surface area contributed by atoms with Crippen LogP contribution in [0.15, 0.2) is 30.1 Å². The van der Waals surface area contributed by atoms with Gasteiger partial charge in [0.2, 0.25) is 0 Å². The lowest BCUT2D eigenvalue weighted by atomic mass is 10.2. The van der Waals surface area contributed by atoms with Crippen molar-refractivity contribution in [1.29, 1.82) is 0 Å². The van der Waals surface area contributed by atoms with Crippen molar-refractivity contribution in [3.8, 4) is 0 Å². The molecule has 0 bridgehead atoms. The van der Waals surface area contributed by atoms with Crippen LogP contribution in [0.2, 0.25) is 0 Å². The molecule has 1 heterocycles. The Balaban J connectivity index is 1.91. The van der Waals surface area contributed by atoms with Crippen LogP contribution < -0.4 is 5.32 Å². The second kappa shape index (κ2) is 4.26. The highest BCUT2D eigenvalue weighted by atomic mass is 16.1. The number of nitrogens with zero attached hydrogens (tertiary/aromatic N) is 1. The lowest BCUT2D eigenvalue weighted by Crippen LogP contribution is -2.11. The number of hydrogen-bond donors (Lipinski definition) is 1. The van der Waals surface area contributed by atoms with E-state index >= 15 is 0 Å². The third-order valence-electron chi connectivity index (χ3n) is 2.47. The fourth-order valence-electron chi connectivity index (χ4n) is 1.55. The summed E-state index contributed by atoms with van der Waals surface area (Å²) in [5.41, 5.74) is 3.20. The minimum absolute atomic E-state index is 0.222. The van der Waals surface area contributed by atoms with Crippen LogP contribution in [0.4, 0.5) is 0 Å². The molecule has 78 valence electrons. The van der Waals surface area contributed by atoms with Crippen molar-refractivity contribution >= 4 is 5.78 Å². The minimum Gasteiger partial charge on any atom is -0.384 e. The van der Waals surface area contributed by atoms with Gasteiger partial charge in [0.1, 0.15) is 0 Å². The van der Waals surface area contributed by atoms with E-state index in [2.05, 4.69) is 10.3 Å². The van der Waals surface area contributed by atoms with Crippen molar-refractivity contribution in [2.75, 3.05) is 0 Å². The van der Waals surface area contributed by atoms with Crippen LogP contribution in [0.25, 0.3) is 0 Å². The average molecular weight is 202 g/mol. The molecule has 0 radical (unpaired) electrons. The summed E-state index contributed by atoms with van der Waals surface area (Å²) in [6.07, 6.45) is 5.05. The van der Waals surface area contributed by atoms with Gasteiger partial charge in [-0.2, -0.15) is 0 Å². The predicted molar refractivity (Wildman–Crippen MR) is 58.1 cm³/mol. The number of carbonyl (C=O) groups is 1. The third-order valence-corrected chi connectivity index (χ3v) is 2.47. The molecule has 0 fully saturated rings. The largest absolute Gasteiger partial charge is 0.384 e. The molecule has 1 aromatic heterocycles. The number of ketones is 1. The first-order chi connectivity index (χ1) is 7.24. The Hall–Kier alpha value is -1.64. The first-order valence-electron chi connectivity index (χ1n) is 5.13. The van der Waals surface area contributed by atoms with Crippen LogP contribution >= 0.6 is 0 Å². The molecule has 0 atom stereocenters. The van der Waals surface area contributed by atoms with Gasteiger partial charge in [0.05, 0.1) is 0 Å². The van der Waals surface area contributed by atoms with Crippen LogP contribution in [-0.2, 0) is 11.3 Å². The van der Waals surface area contributed by atoms with Crippen molar-refractivity contribution < 1.29 is 4.79 Å². The van der Waals surface area contributed by atoms with Gasteiger partial charge in [-0.1, -0.05) is 6.07 Å². The molecule has 2 rings (SSSR count). The quantitative estimate of drug-likeness (QED) is 0.811. The number of allylic oxidation sites excluding steroid dienone is 2. The number of aryl methyl sites for hydroxylation is 1. The Labute approximate surface area is 89.2 Å². The second-order valence-corrected chi connectivity index (χ2v) is 3.80. The van der Waals surface area contributed by atoms with Crippen molar-refractivity contribution in [2.45, 2.75) is 26.3 Å². The van der Waals surface area contributed by atoms with E-state index in [1.165, 1.54) is 0 Å². The normalized spacial score (nSPS) is 15.3. The molecule has 0 unspecified atom stereocenters. The lowest BCUT2D eigenvalue weighted by molar-refractivity contribution is -0.114. The number of rotatable bonds is 3. The summed E-state index contributed by atoms with van der Waals surface area (Å²) in [4.78, 5) is 15.2. The summed E-state index contributed by atoms with van der Waals surface area (Å²) in [5, 5.41) is 3.25. The highest BCUT2D eigenvalue weighted by Gasteiger charge is 2.10. The number of hydrogen-bond acceptors (Lipinski definition) is 3. The average Bonchev–Trinajstić information content (AvgIpc) is 2.64. The van der Waals surface area contributed by atoms with Gasteiger partial charge in [0.25, 0.3) is 0 Å². The van der Waals surface area contributed by atoms with Crippen molar-refractivity contribution in [1.82, 2.24) is 10.3 Å². The van der Waals surface area contributed by atoms with Crippen LogP contribution in [0, 0.1) is 6.92 Å². The van der Waals surface area contributed by atoms with Crippen molar-refractivity contribution in [3.63, 3.8) is 0 Å². The number of nitrogens with one attached hydrogen (secondary N) is 1. The van der Waals surface area contributed by atoms with Crippen LogP contribution in [-0.4, -0.2) is 10.8 Å². The molecule has 3 heteroatoms. The first kappa shape index (κ1) is 9.90. The molecular weight excluding hydrogens is 188 g/mol. The highest BCUT2D eigenvalue weighted by molar-refractivity contribution is 5.92. The Kier molecular flexibility index (Phi) is 2.81. The number of aromatic nitrogens is 1. The summed E-state index contributed by atoms with van der Waals surface area (Å²) >= 11 is 0. The topological polar surface area (TPSA) is 42.0 Å². The molecule has 1 aliphatic carbocycles. The fourth-order valence-corrected chi connectivity index (χ4v) is 1.55. The summed E-state index contributed by atoms with van der Waals surface area (Å²) in [5.74, 6) is 0.222. The molecule has 15 heavy (non-hydrogen) atoms. The van der Waals surface area contributed by atoms with Gasteiger partial charge < -0.3 is 5.32 Å². The van der Waals surface area contributed by atoms with E-state index in [-0.39, 0.29) is 5.78 Å². The summed E-state index contributed by atoms with van der Waals surface area (Å²) in [7, 11) is 0. The van der Waals surface area contributed by atoms with Crippen molar-refractivity contribution in [2.24, 2.45) is 0 Å². The highest BCUT2D eigenvalue weighted by Crippen LogP contribution is 2.12. The van der Waals surface area contributed by atoms with E-state index in [9.17, 15) is 4.79 Å². The number of carbonyl (C=O) groups excluding carboxylic acids is 1. The smallest absolute Gasteiger partial charge is 0.157 e. The SMILES string of the molecule is Cc1ccc(CNC2=CC(=O)CC2)cn1. The summed E-state index contributed by atoms with van der Waals surface area (Å²) < 4.78 is 0. The Morgan fingerprint density at radius 1 is 1.40 bits per heavy atom. The maximum atomic E-state index is 11.0. The molecule has 1 aromatic rings. The van der Waals surface area contributed by atoms with Crippen LogP contribution in [0.5, 0.6) is 0 Å². The molecular formula is C12H14N2O. The van der Waals surface area contributed by atoms with E-state index in [4.69, 9.17) is 0 Å². The van der Waals surface area contributed by atoms with Gasteiger partial charge in [0.15, 0.2) is 5.78 Å². The van der Waals surface area contributed by atoms with Crippen molar-refractivity contribution in [3.05, 3.63) is 41.4 Å². The predicted octanol–water partition coefficient (Wildman–Crippen LogP) is 1.73. The zero-order valence-electron chi connectivity index (χ0n) is 8.79. The maximum absolute atomic E-state index is 11.0. The molecule has 0 amide bonds. The minimum atomic E-state index is 0.222. The van der Waals surface area contributed by atoms with Gasteiger partial charge >= 0.3 is 0 Å². The number of pyridine rings is 1. The Morgan fingerprint density at radius 3 is 2.87 bits per heavy atom. The standard InChI is InChI=1S/C12H14N2O/c1-9-2-3-10(7-13-9)8-14-11-4-5-12(15)6-11/h2-3,6-7,14H,4-5,8H2,1H3. The summed E-state index contributed by atoms with van der Waals surface area (Å²) in [6.45, 7) is 2.71. The molecule has 1 N–H and O–H groups in total. The lowest BCUT2D eigenvalue weighted by Gasteiger charge is -2.06. The third kappa shape index (κ3) is 2.65. The molecule has 0 aromatic carbocycles. The summed E-state index contributed by atoms with van der Waals surface area (Å²) in [6, 6.07) is 4.04. The van der Waals surface area contributed by atoms with Gasteiger partial charge in [-0.15, -0.1) is 0 Å². The van der Waals surface area contributed by atoms with E-state index in [1.807, 2.05) is 25.3 Å². The van der Waals surface area contributed by atoms with Crippen LogP contribution in [0.3, 0.4) is 0 Å². The van der Waals surface area contributed by atoms with Crippen LogP contribution in [0.1, 0.15) is 24.1 Å². The monoisotopic (exact) mass is 202 g/mol. The Morgan fingerprint density at radius 2 is 2.27 bits per heavy atom. The van der Waals surface area contributed by atoms with Gasteiger partial charge in [-0.3, -0.25) is 9.78 Å². The molecule has 3 nitrogen and oxygen atoms in total. The molecule has 0 saturated heterocycles.